The summed E-state index contributed by atoms with van der Waals surface area (Å²) in [6.45, 7) is 3.06. The van der Waals surface area contributed by atoms with Gasteiger partial charge in [-0.05, 0) is 62.1 Å². The molecule has 2 amide bonds. The Morgan fingerprint density at radius 2 is 1.57 bits per heavy atom. The van der Waals surface area contributed by atoms with Gasteiger partial charge in [-0.1, -0.05) is 96.5 Å². The highest BCUT2D eigenvalue weighted by Crippen LogP contribution is 2.36. The van der Waals surface area contributed by atoms with E-state index < -0.39 is 28.5 Å². The second kappa shape index (κ2) is 14.1. The SMILES string of the molecule is CC[C@@H](C(=O)NC1CCCC1)N(Cc1ccccc1Cl)C(=O)CN(c1cccc(Cl)c1Cl)S(=O)(=O)c1ccc(C)cc1. The zero-order chi connectivity index (χ0) is 30.4. The van der Waals surface area contributed by atoms with Gasteiger partial charge in [0.1, 0.15) is 12.6 Å². The van der Waals surface area contributed by atoms with Crippen molar-refractivity contribution in [1.82, 2.24) is 10.2 Å². The normalized spacial score (nSPS) is 14.4. The van der Waals surface area contributed by atoms with Crippen molar-refractivity contribution in [3.8, 4) is 0 Å². The summed E-state index contributed by atoms with van der Waals surface area (Å²) in [4.78, 5) is 29.2. The Bertz CT molecular complexity index is 1530. The minimum absolute atomic E-state index is 0.00803. The van der Waals surface area contributed by atoms with Crippen LogP contribution in [0.3, 0.4) is 0 Å². The predicted octanol–water partition coefficient (Wildman–Crippen LogP) is 7.02. The number of amides is 2. The molecule has 0 saturated heterocycles. The molecule has 0 spiro atoms. The molecule has 224 valence electrons. The number of nitrogens with zero attached hydrogens (tertiary/aromatic N) is 2. The summed E-state index contributed by atoms with van der Waals surface area (Å²) >= 11 is 19.3. The summed E-state index contributed by atoms with van der Waals surface area (Å²) in [5.41, 5.74) is 1.56. The zero-order valence-corrected chi connectivity index (χ0v) is 26.6. The maximum Gasteiger partial charge on any atom is 0.264 e. The Morgan fingerprint density at radius 3 is 2.21 bits per heavy atom. The quantitative estimate of drug-likeness (QED) is 0.242. The molecule has 4 rings (SSSR count). The van der Waals surface area contributed by atoms with E-state index in [2.05, 4.69) is 5.32 Å². The second-order valence-corrected chi connectivity index (χ2v) is 13.5. The maximum atomic E-state index is 14.2. The molecular formula is C31H34Cl3N3O4S. The van der Waals surface area contributed by atoms with Crippen molar-refractivity contribution in [3.05, 3.63) is 92.9 Å². The summed E-state index contributed by atoms with van der Waals surface area (Å²) in [6, 6.07) is 17.2. The first-order valence-corrected chi connectivity index (χ1v) is 16.5. The molecule has 0 bridgehead atoms. The van der Waals surface area contributed by atoms with Crippen molar-refractivity contribution in [1.29, 1.82) is 0 Å². The Balaban J connectivity index is 1.75. The number of anilines is 1. The number of hydrogen-bond donors (Lipinski definition) is 1. The molecule has 7 nitrogen and oxygen atoms in total. The summed E-state index contributed by atoms with van der Waals surface area (Å²) in [6.07, 6.45) is 4.16. The third-order valence-electron chi connectivity index (χ3n) is 7.47. The molecule has 1 aliphatic carbocycles. The molecule has 1 N–H and O–H groups in total. The van der Waals surface area contributed by atoms with Crippen LogP contribution in [0.1, 0.15) is 50.2 Å². The van der Waals surface area contributed by atoms with E-state index in [0.29, 0.717) is 17.0 Å². The van der Waals surface area contributed by atoms with Gasteiger partial charge in [-0.25, -0.2) is 8.42 Å². The average Bonchev–Trinajstić information content (AvgIpc) is 3.47. The molecule has 1 saturated carbocycles. The van der Waals surface area contributed by atoms with Gasteiger partial charge in [-0.15, -0.1) is 0 Å². The van der Waals surface area contributed by atoms with Crippen LogP contribution in [-0.4, -0.2) is 43.8 Å². The number of aryl methyl sites for hydroxylation is 1. The highest BCUT2D eigenvalue weighted by Gasteiger charge is 2.35. The number of nitrogens with one attached hydrogen (secondary N) is 1. The lowest BCUT2D eigenvalue weighted by Gasteiger charge is -2.34. The first-order valence-electron chi connectivity index (χ1n) is 13.9. The van der Waals surface area contributed by atoms with Gasteiger partial charge in [-0.2, -0.15) is 0 Å². The molecular weight excluding hydrogens is 617 g/mol. The van der Waals surface area contributed by atoms with Crippen molar-refractivity contribution in [2.75, 3.05) is 10.8 Å². The molecule has 1 atom stereocenters. The van der Waals surface area contributed by atoms with Gasteiger partial charge >= 0.3 is 0 Å². The second-order valence-electron chi connectivity index (χ2n) is 10.4. The first kappa shape index (κ1) is 32.1. The van der Waals surface area contributed by atoms with E-state index in [9.17, 15) is 18.0 Å². The molecule has 11 heteroatoms. The lowest BCUT2D eigenvalue weighted by atomic mass is 10.1. The van der Waals surface area contributed by atoms with Crippen LogP contribution in [0.25, 0.3) is 0 Å². The van der Waals surface area contributed by atoms with Gasteiger partial charge in [0.25, 0.3) is 10.0 Å². The van der Waals surface area contributed by atoms with Crippen molar-refractivity contribution in [2.45, 2.75) is 69.5 Å². The fraction of sp³-hybridized carbons (Fsp3) is 0.355. The number of rotatable bonds is 11. The number of carbonyl (C=O) groups is 2. The molecule has 0 radical (unpaired) electrons. The number of hydrogen-bond acceptors (Lipinski definition) is 4. The summed E-state index contributed by atoms with van der Waals surface area (Å²) < 4.78 is 29.0. The fourth-order valence-electron chi connectivity index (χ4n) is 5.13. The lowest BCUT2D eigenvalue weighted by Crippen LogP contribution is -2.53. The van der Waals surface area contributed by atoms with Gasteiger partial charge in [0.15, 0.2) is 0 Å². The monoisotopic (exact) mass is 649 g/mol. The number of sulfonamides is 1. The largest absolute Gasteiger partial charge is 0.352 e. The Hall–Kier alpha value is -2.78. The van der Waals surface area contributed by atoms with Crippen LogP contribution in [0.2, 0.25) is 15.1 Å². The lowest BCUT2D eigenvalue weighted by molar-refractivity contribution is -0.140. The van der Waals surface area contributed by atoms with E-state index in [1.54, 1.807) is 42.5 Å². The zero-order valence-electron chi connectivity index (χ0n) is 23.5. The van der Waals surface area contributed by atoms with E-state index in [0.717, 1.165) is 35.6 Å². The topological polar surface area (TPSA) is 86.8 Å². The Morgan fingerprint density at radius 1 is 0.929 bits per heavy atom. The van der Waals surface area contributed by atoms with E-state index in [4.69, 9.17) is 34.8 Å². The van der Waals surface area contributed by atoms with Gasteiger partial charge in [0.05, 0.1) is 20.6 Å². The molecule has 0 heterocycles. The van der Waals surface area contributed by atoms with Crippen molar-refractivity contribution >= 4 is 62.3 Å². The predicted molar refractivity (Wildman–Crippen MR) is 169 cm³/mol. The van der Waals surface area contributed by atoms with E-state index >= 15 is 0 Å². The summed E-state index contributed by atoms with van der Waals surface area (Å²) in [5.74, 6) is -0.867. The number of halogens is 3. The van der Waals surface area contributed by atoms with Gasteiger partial charge in [0, 0.05) is 17.6 Å². The first-order chi connectivity index (χ1) is 20.0. The molecule has 3 aromatic carbocycles. The van der Waals surface area contributed by atoms with Crippen molar-refractivity contribution in [2.24, 2.45) is 0 Å². The van der Waals surface area contributed by atoms with Crippen LogP contribution in [0.5, 0.6) is 0 Å². The molecule has 0 unspecified atom stereocenters. The summed E-state index contributed by atoms with van der Waals surface area (Å²) in [7, 11) is -4.27. The molecule has 1 aliphatic rings. The van der Waals surface area contributed by atoms with Crippen LogP contribution in [0.15, 0.2) is 71.6 Å². The van der Waals surface area contributed by atoms with Crippen LogP contribution >= 0.6 is 34.8 Å². The average molecular weight is 651 g/mol. The van der Waals surface area contributed by atoms with Gasteiger partial charge < -0.3 is 10.2 Å². The van der Waals surface area contributed by atoms with Crippen LogP contribution in [0, 0.1) is 6.92 Å². The molecule has 3 aromatic rings. The van der Waals surface area contributed by atoms with Gasteiger partial charge in [-0.3, -0.25) is 13.9 Å². The highest BCUT2D eigenvalue weighted by molar-refractivity contribution is 7.92. The van der Waals surface area contributed by atoms with Crippen molar-refractivity contribution in [3.63, 3.8) is 0 Å². The Labute approximate surface area is 262 Å². The molecule has 42 heavy (non-hydrogen) atoms. The third kappa shape index (κ3) is 7.40. The van der Waals surface area contributed by atoms with Crippen LogP contribution in [0.4, 0.5) is 5.69 Å². The maximum absolute atomic E-state index is 14.2. The minimum atomic E-state index is -4.27. The summed E-state index contributed by atoms with van der Waals surface area (Å²) in [5, 5.41) is 3.66. The smallest absolute Gasteiger partial charge is 0.264 e. The van der Waals surface area contributed by atoms with E-state index in [-0.39, 0.29) is 39.1 Å². The Kier molecular flexibility index (Phi) is 10.8. The van der Waals surface area contributed by atoms with E-state index in [1.807, 2.05) is 13.8 Å². The van der Waals surface area contributed by atoms with Gasteiger partial charge in [0.2, 0.25) is 11.8 Å². The van der Waals surface area contributed by atoms with Crippen molar-refractivity contribution < 1.29 is 18.0 Å². The van der Waals surface area contributed by atoms with E-state index in [1.165, 1.54) is 29.2 Å². The number of benzene rings is 3. The number of carbonyl (C=O) groups excluding carboxylic acids is 2. The molecule has 0 aliphatic heterocycles. The third-order valence-corrected chi connectivity index (χ3v) is 10.4. The fourth-order valence-corrected chi connectivity index (χ4v) is 7.20. The van der Waals surface area contributed by atoms with Crippen LogP contribution in [-0.2, 0) is 26.2 Å². The standard InChI is InChI=1S/C31H34Cl3N3O4S/c1-3-27(31(39)35-23-10-5-6-11-23)36(19-22-9-4-7-12-25(22)32)29(38)20-37(28-14-8-13-26(33)30(28)34)42(40,41)24-17-15-21(2)16-18-24/h4,7-9,12-18,23,27H,3,5-6,10-11,19-20H2,1-2H3,(H,35,39)/t27-/m0/s1. The highest BCUT2D eigenvalue weighted by atomic mass is 35.5. The minimum Gasteiger partial charge on any atom is -0.352 e. The molecule has 1 fully saturated rings. The van der Waals surface area contributed by atoms with Crippen LogP contribution < -0.4 is 9.62 Å². The molecule has 0 aromatic heterocycles.